The topological polar surface area (TPSA) is 108 Å². The molecular formula is C26H35ClF2N6O3. The Morgan fingerprint density at radius 1 is 1.24 bits per heavy atom. The van der Waals surface area contributed by atoms with E-state index in [-0.39, 0.29) is 37.0 Å². The number of aryl methyl sites for hydroxylation is 1. The fourth-order valence-corrected chi connectivity index (χ4v) is 4.97. The van der Waals surface area contributed by atoms with Gasteiger partial charge in [0.2, 0.25) is 5.95 Å². The number of aliphatic hydroxyl groups excluding tert-OH is 1. The van der Waals surface area contributed by atoms with Crippen LogP contribution >= 0.6 is 11.6 Å². The zero-order chi connectivity index (χ0) is 28.0. The molecule has 208 valence electrons. The van der Waals surface area contributed by atoms with Gasteiger partial charge in [0.25, 0.3) is 5.92 Å². The maximum Gasteiger partial charge on any atom is 0.329 e. The number of halogens is 3. The first kappa shape index (κ1) is 28.3. The first-order valence-corrected chi connectivity index (χ1v) is 13.1. The van der Waals surface area contributed by atoms with Crippen LogP contribution in [-0.2, 0) is 6.54 Å². The summed E-state index contributed by atoms with van der Waals surface area (Å²) in [6, 6.07) is 4.89. The highest BCUT2D eigenvalue weighted by Crippen LogP contribution is 2.39. The summed E-state index contributed by atoms with van der Waals surface area (Å²) in [6.07, 6.45) is 1.79. The average Bonchev–Trinajstić information content (AvgIpc) is 3.12. The van der Waals surface area contributed by atoms with E-state index in [4.69, 9.17) is 11.6 Å². The molecule has 1 aliphatic heterocycles. The maximum atomic E-state index is 14.3. The minimum Gasteiger partial charge on any atom is -0.394 e. The summed E-state index contributed by atoms with van der Waals surface area (Å²) < 4.78 is 31.8. The van der Waals surface area contributed by atoms with Gasteiger partial charge in [0.15, 0.2) is 5.82 Å². The van der Waals surface area contributed by atoms with Crippen LogP contribution in [-0.4, -0.2) is 60.5 Å². The van der Waals surface area contributed by atoms with Crippen molar-refractivity contribution in [1.29, 1.82) is 0 Å². The van der Waals surface area contributed by atoms with Crippen LogP contribution < -0.4 is 15.9 Å². The smallest absolute Gasteiger partial charge is 0.329 e. The fraction of sp³-hybridized carbons (Fsp3) is 0.577. The lowest BCUT2D eigenvalue weighted by Crippen LogP contribution is -2.52. The third-order valence-electron chi connectivity index (χ3n) is 7.19. The molecule has 1 aromatic carbocycles. The van der Waals surface area contributed by atoms with Crippen molar-refractivity contribution in [2.24, 2.45) is 11.8 Å². The van der Waals surface area contributed by atoms with Crippen molar-refractivity contribution in [2.75, 3.05) is 29.9 Å². The molecule has 1 aliphatic rings. The molecule has 4 rings (SSSR count). The number of alkyl halides is 2. The van der Waals surface area contributed by atoms with Crippen molar-refractivity contribution in [3.8, 4) is 0 Å². The van der Waals surface area contributed by atoms with Crippen molar-refractivity contribution in [2.45, 2.75) is 65.1 Å². The number of piperidine rings is 1. The predicted molar refractivity (Wildman–Crippen MR) is 145 cm³/mol. The minimum atomic E-state index is -2.76. The zero-order valence-corrected chi connectivity index (χ0v) is 23.0. The summed E-state index contributed by atoms with van der Waals surface area (Å²) in [7, 11) is 0. The molecule has 3 N–H and O–H groups in total. The minimum absolute atomic E-state index is 0.119. The largest absolute Gasteiger partial charge is 0.394 e. The number of anilines is 3. The predicted octanol–water partition coefficient (Wildman–Crippen LogP) is 4.43. The standard InChI is InChI=1S/C26H35ClF2N6O3/c1-15-12-33(13-16(2)26(15,28)29)23-30-11-19(27)22(32-23)31-18-6-7-20-21(10-18)34(9-8-25(4,5)38)24(37)35(20)17(3)14-36/h6-7,10-11,15-17,36,38H,8-9,12-14H2,1-5H3,(H,30,31,32)/t15-,16+,17?. The van der Waals surface area contributed by atoms with E-state index in [0.717, 1.165) is 0 Å². The van der Waals surface area contributed by atoms with Gasteiger partial charge in [-0.3, -0.25) is 9.13 Å². The third kappa shape index (κ3) is 5.50. The van der Waals surface area contributed by atoms with Gasteiger partial charge in [-0.25, -0.2) is 18.6 Å². The van der Waals surface area contributed by atoms with E-state index in [2.05, 4.69) is 15.3 Å². The lowest BCUT2D eigenvalue weighted by Gasteiger charge is -2.41. The normalized spacial score (nSPS) is 20.6. The molecule has 12 heteroatoms. The Balaban J connectivity index is 1.69. The Kier molecular flexibility index (Phi) is 7.75. The first-order valence-electron chi connectivity index (χ1n) is 12.7. The molecule has 0 amide bonds. The highest BCUT2D eigenvalue weighted by molar-refractivity contribution is 6.32. The molecule has 0 aliphatic carbocycles. The molecule has 38 heavy (non-hydrogen) atoms. The molecule has 1 saturated heterocycles. The van der Waals surface area contributed by atoms with Crippen molar-refractivity contribution < 1.29 is 19.0 Å². The van der Waals surface area contributed by atoms with Gasteiger partial charge in [0.1, 0.15) is 5.02 Å². The van der Waals surface area contributed by atoms with Crippen molar-refractivity contribution in [1.82, 2.24) is 19.1 Å². The number of nitrogens with one attached hydrogen (secondary N) is 1. The van der Waals surface area contributed by atoms with Gasteiger partial charge in [-0.05, 0) is 45.4 Å². The van der Waals surface area contributed by atoms with E-state index < -0.39 is 29.4 Å². The second-order valence-corrected chi connectivity index (χ2v) is 11.4. The van der Waals surface area contributed by atoms with Crippen molar-refractivity contribution >= 4 is 40.1 Å². The summed E-state index contributed by atoms with van der Waals surface area (Å²) in [5, 5.41) is 23.4. The molecule has 1 fully saturated rings. The number of fused-ring (bicyclic) bond motifs is 1. The van der Waals surface area contributed by atoms with Gasteiger partial charge in [0.05, 0.1) is 35.5 Å². The Bertz CT molecular complexity index is 1360. The van der Waals surface area contributed by atoms with Crippen LogP contribution in [0.25, 0.3) is 11.0 Å². The van der Waals surface area contributed by atoms with Crippen molar-refractivity contribution in [3.05, 3.63) is 39.9 Å². The quantitative estimate of drug-likeness (QED) is 0.379. The van der Waals surface area contributed by atoms with E-state index in [9.17, 15) is 23.8 Å². The van der Waals surface area contributed by atoms with Crippen LogP contribution in [0.4, 0.5) is 26.2 Å². The van der Waals surface area contributed by atoms with Gasteiger partial charge in [-0.15, -0.1) is 0 Å². The van der Waals surface area contributed by atoms with Crippen LogP contribution in [0.2, 0.25) is 5.02 Å². The number of imidazole rings is 1. The molecule has 3 atom stereocenters. The Hall–Kier alpha value is -2.76. The molecule has 2 aromatic heterocycles. The monoisotopic (exact) mass is 552 g/mol. The highest BCUT2D eigenvalue weighted by atomic mass is 35.5. The van der Waals surface area contributed by atoms with Gasteiger partial charge in [-0.1, -0.05) is 25.4 Å². The van der Waals surface area contributed by atoms with Crippen LogP contribution in [0.15, 0.2) is 29.2 Å². The second kappa shape index (κ2) is 10.4. The molecule has 0 saturated carbocycles. The third-order valence-corrected chi connectivity index (χ3v) is 7.47. The second-order valence-electron chi connectivity index (χ2n) is 11.0. The first-order chi connectivity index (χ1) is 17.7. The van der Waals surface area contributed by atoms with Crippen LogP contribution in [0.3, 0.4) is 0 Å². The number of benzene rings is 1. The fourth-order valence-electron chi connectivity index (χ4n) is 4.83. The Morgan fingerprint density at radius 3 is 2.50 bits per heavy atom. The maximum absolute atomic E-state index is 14.3. The van der Waals surface area contributed by atoms with E-state index in [0.29, 0.717) is 34.9 Å². The highest BCUT2D eigenvalue weighted by Gasteiger charge is 2.47. The molecule has 0 bridgehead atoms. The average molecular weight is 553 g/mol. The lowest BCUT2D eigenvalue weighted by atomic mass is 9.87. The zero-order valence-electron chi connectivity index (χ0n) is 22.2. The summed E-state index contributed by atoms with van der Waals surface area (Å²) in [6.45, 7) is 8.48. The number of rotatable bonds is 8. The van der Waals surface area contributed by atoms with Gasteiger partial charge >= 0.3 is 5.69 Å². The van der Waals surface area contributed by atoms with Crippen LogP contribution in [0.1, 0.15) is 47.1 Å². The van der Waals surface area contributed by atoms with Gasteiger partial charge in [-0.2, -0.15) is 4.98 Å². The van der Waals surface area contributed by atoms with Gasteiger partial charge in [0, 0.05) is 37.2 Å². The summed E-state index contributed by atoms with van der Waals surface area (Å²) in [4.78, 5) is 23.8. The summed E-state index contributed by atoms with van der Waals surface area (Å²) in [5.41, 5.74) is 0.613. The van der Waals surface area contributed by atoms with E-state index >= 15 is 0 Å². The summed E-state index contributed by atoms with van der Waals surface area (Å²) in [5.74, 6) is -3.85. The van der Waals surface area contributed by atoms with E-state index in [1.54, 1.807) is 48.4 Å². The molecule has 1 unspecified atom stereocenters. The SMILES string of the molecule is CC(CO)n1c(=O)n(CCC(C)(C)O)c2cc(Nc3nc(N4C[C@@H](C)C(F)(F)[C@@H](C)C4)ncc3Cl)ccc21. The van der Waals surface area contributed by atoms with E-state index in [1.165, 1.54) is 24.6 Å². The number of aromatic nitrogens is 4. The number of hydrogen-bond donors (Lipinski definition) is 3. The number of hydrogen-bond acceptors (Lipinski definition) is 7. The van der Waals surface area contributed by atoms with Crippen molar-refractivity contribution in [3.63, 3.8) is 0 Å². The summed E-state index contributed by atoms with van der Waals surface area (Å²) >= 11 is 6.39. The molecular weight excluding hydrogens is 518 g/mol. The van der Waals surface area contributed by atoms with Crippen LogP contribution in [0.5, 0.6) is 0 Å². The molecule has 0 radical (unpaired) electrons. The molecule has 0 spiro atoms. The molecule has 9 nitrogen and oxygen atoms in total. The Labute approximate surface area is 225 Å². The molecule has 3 heterocycles. The number of aliphatic hydroxyl groups is 2. The van der Waals surface area contributed by atoms with Gasteiger partial charge < -0.3 is 20.4 Å². The molecule has 3 aromatic rings. The van der Waals surface area contributed by atoms with E-state index in [1.807, 2.05) is 0 Å². The number of nitrogens with zero attached hydrogens (tertiary/aromatic N) is 5. The Morgan fingerprint density at radius 2 is 1.89 bits per heavy atom. The lowest BCUT2D eigenvalue weighted by molar-refractivity contribution is -0.105. The van der Waals surface area contributed by atoms with Crippen LogP contribution in [0, 0.1) is 11.8 Å².